The van der Waals surface area contributed by atoms with Crippen molar-refractivity contribution in [1.82, 2.24) is 0 Å². The molecule has 0 saturated carbocycles. The second kappa shape index (κ2) is 2.11. The zero-order chi connectivity index (χ0) is 6.78. The molecule has 0 aromatic rings. The van der Waals surface area contributed by atoms with E-state index in [1.807, 2.05) is 0 Å². The van der Waals surface area contributed by atoms with Gasteiger partial charge in [-0.15, -0.1) is 0 Å². The van der Waals surface area contributed by atoms with E-state index >= 15 is 0 Å². The van der Waals surface area contributed by atoms with Gasteiger partial charge in [0.1, 0.15) is 5.67 Å². The fourth-order valence-corrected chi connectivity index (χ4v) is 0.144. The number of carbonyl (C=O) groups excluding carboxylic acids is 1. The summed E-state index contributed by atoms with van der Waals surface area (Å²) in [5.74, 6) is -1.64. The number of alkyl halides is 1. The highest BCUT2D eigenvalue weighted by molar-refractivity contribution is 5.74. The van der Waals surface area contributed by atoms with E-state index in [0.717, 1.165) is 6.92 Å². The molecular formula is C5H8FO2-. The highest BCUT2D eigenvalue weighted by atomic mass is 19.1. The zero-order valence-electron chi connectivity index (χ0n) is 4.90. The Morgan fingerprint density at radius 1 is 1.88 bits per heavy atom. The Labute approximate surface area is 47.3 Å². The van der Waals surface area contributed by atoms with Crippen LogP contribution in [0.5, 0.6) is 0 Å². The van der Waals surface area contributed by atoms with E-state index in [1.54, 1.807) is 0 Å². The van der Waals surface area contributed by atoms with Crippen molar-refractivity contribution in [2.24, 2.45) is 0 Å². The molecule has 0 spiro atoms. The standard InChI is InChI=1S/C5H9FO2/c1-3-5(2,6)4(7)8/h3H2,1-2H3,(H,7,8)/p-1. The van der Waals surface area contributed by atoms with E-state index in [9.17, 15) is 14.3 Å². The van der Waals surface area contributed by atoms with Crippen molar-refractivity contribution in [2.45, 2.75) is 25.9 Å². The van der Waals surface area contributed by atoms with E-state index in [1.165, 1.54) is 6.92 Å². The molecule has 0 amide bonds. The monoisotopic (exact) mass is 119 g/mol. The number of halogens is 1. The Kier molecular flexibility index (Phi) is 1.95. The van der Waals surface area contributed by atoms with E-state index in [4.69, 9.17) is 0 Å². The molecule has 48 valence electrons. The summed E-state index contributed by atoms with van der Waals surface area (Å²) >= 11 is 0. The van der Waals surface area contributed by atoms with Crippen molar-refractivity contribution in [2.75, 3.05) is 0 Å². The molecule has 0 bridgehead atoms. The molecule has 0 N–H and O–H groups in total. The van der Waals surface area contributed by atoms with Crippen molar-refractivity contribution in [1.29, 1.82) is 0 Å². The highest BCUT2D eigenvalue weighted by Crippen LogP contribution is 2.11. The largest absolute Gasteiger partial charge is 0.547 e. The summed E-state index contributed by atoms with van der Waals surface area (Å²) < 4.78 is 12.3. The van der Waals surface area contributed by atoms with Gasteiger partial charge in [0.25, 0.3) is 0 Å². The lowest BCUT2D eigenvalue weighted by Gasteiger charge is -2.18. The minimum absolute atomic E-state index is 0.0463. The molecule has 0 saturated heterocycles. The summed E-state index contributed by atoms with van der Waals surface area (Å²) in [4.78, 5) is 9.77. The molecular weight excluding hydrogens is 111 g/mol. The molecule has 0 aliphatic rings. The highest BCUT2D eigenvalue weighted by Gasteiger charge is 2.20. The Morgan fingerprint density at radius 3 is 2.25 bits per heavy atom. The van der Waals surface area contributed by atoms with Crippen LogP contribution in [0.4, 0.5) is 4.39 Å². The van der Waals surface area contributed by atoms with Crippen LogP contribution in [0.3, 0.4) is 0 Å². The molecule has 0 aromatic heterocycles. The maximum atomic E-state index is 12.3. The predicted molar refractivity (Wildman–Crippen MR) is 24.8 cm³/mol. The van der Waals surface area contributed by atoms with Crippen molar-refractivity contribution in [3.05, 3.63) is 0 Å². The van der Waals surface area contributed by atoms with E-state index in [-0.39, 0.29) is 6.42 Å². The van der Waals surface area contributed by atoms with Crippen molar-refractivity contribution in [3.63, 3.8) is 0 Å². The van der Waals surface area contributed by atoms with E-state index in [2.05, 4.69) is 0 Å². The van der Waals surface area contributed by atoms with Gasteiger partial charge in [-0.2, -0.15) is 0 Å². The maximum absolute atomic E-state index is 12.3. The molecule has 3 heteroatoms. The first-order valence-electron chi connectivity index (χ1n) is 2.41. The number of hydrogen-bond acceptors (Lipinski definition) is 2. The third-order valence-electron chi connectivity index (χ3n) is 1.09. The summed E-state index contributed by atoms with van der Waals surface area (Å²) in [6.07, 6.45) is -0.0463. The Hall–Kier alpha value is -0.600. The quantitative estimate of drug-likeness (QED) is 0.508. The Morgan fingerprint density at radius 2 is 2.25 bits per heavy atom. The van der Waals surface area contributed by atoms with E-state index < -0.39 is 11.6 Å². The molecule has 8 heavy (non-hydrogen) atoms. The number of aliphatic carboxylic acids is 1. The van der Waals surface area contributed by atoms with E-state index in [0.29, 0.717) is 0 Å². The molecule has 0 aliphatic carbocycles. The van der Waals surface area contributed by atoms with Gasteiger partial charge in [0, 0.05) is 0 Å². The Balaban J connectivity index is 3.91. The second-order valence-electron chi connectivity index (χ2n) is 1.84. The third-order valence-corrected chi connectivity index (χ3v) is 1.09. The number of carboxylic acid groups (broad SMARTS) is 1. The lowest BCUT2D eigenvalue weighted by molar-refractivity contribution is -0.318. The van der Waals surface area contributed by atoms with Crippen LogP contribution in [-0.4, -0.2) is 11.6 Å². The zero-order valence-corrected chi connectivity index (χ0v) is 4.90. The number of carboxylic acids is 1. The summed E-state index contributed by atoms with van der Waals surface area (Å²) in [7, 11) is 0. The van der Waals surface area contributed by atoms with Crippen molar-refractivity contribution >= 4 is 5.97 Å². The van der Waals surface area contributed by atoms with Crippen LogP contribution in [-0.2, 0) is 4.79 Å². The molecule has 0 fully saturated rings. The minimum Gasteiger partial charge on any atom is -0.547 e. The Bertz CT molecular complexity index is 98.6. The third kappa shape index (κ3) is 1.48. The maximum Gasteiger partial charge on any atom is 0.147 e. The van der Waals surface area contributed by atoms with Gasteiger partial charge < -0.3 is 9.90 Å². The van der Waals surface area contributed by atoms with Crippen molar-refractivity contribution < 1.29 is 14.3 Å². The molecule has 0 rings (SSSR count). The van der Waals surface area contributed by atoms with Gasteiger partial charge in [0.15, 0.2) is 0 Å². The van der Waals surface area contributed by atoms with Gasteiger partial charge in [0.05, 0.1) is 5.97 Å². The number of carbonyl (C=O) groups is 1. The first-order valence-corrected chi connectivity index (χ1v) is 2.41. The smallest absolute Gasteiger partial charge is 0.147 e. The molecule has 0 aliphatic heterocycles. The van der Waals surface area contributed by atoms with Gasteiger partial charge in [-0.05, 0) is 13.3 Å². The lowest BCUT2D eigenvalue weighted by Crippen LogP contribution is -2.41. The average molecular weight is 119 g/mol. The molecule has 1 atom stereocenters. The molecule has 0 heterocycles. The first kappa shape index (κ1) is 7.40. The number of rotatable bonds is 2. The molecule has 0 aromatic carbocycles. The normalized spacial score (nSPS) is 17.4. The van der Waals surface area contributed by atoms with Gasteiger partial charge in [0.2, 0.25) is 0 Å². The molecule has 0 radical (unpaired) electrons. The summed E-state index contributed by atoms with van der Waals surface area (Å²) in [5, 5.41) is 9.77. The van der Waals surface area contributed by atoms with Crippen LogP contribution < -0.4 is 5.11 Å². The average Bonchev–Trinajstić information content (AvgIpc) is 1.67. The van der Waals surface area contributed by atoms with Crippen LogP contribution in [0.2, 0.25) is 0 Å². The SMILES string of the molecule is CCC(C)(F)C(=O)[O-]. The second-order valence-corrected chi connectivity index (χ2v) is 1.84. The van der Waals surface area contributed by atoms with Crippen LogP contribution in [0.15, 0.2) is 0 Å². The van der Waals surface area contributed by atoms with Crippen LogP contribution in [0, 0.1) is 0 Å². The first-order chi connectivity index (χ1) is 3.50. The minimum atomic E-state index is -2.15. The topological polar surface area (TPSA) is 40.1 Å². The fourth-order valence-electron chi connectivity index (χ4n) is 0.144. The summed E-state index contributed by atoms with van der Waals surface area (Å²) in [6, 6.07) is 0. The predicted octanol–water partition coefficient (Wildman–Crippen LogP) is -0.126. The lowest BCUT2D eigenvalue weighted by atomic mass is 10.1. The van der Waals surface area contributed by atoms with Gasteiger partial charge >= 0.3 is 0 Å². The number of hydrogen-bond donors (Lipinski definition) is 0. The van der Waals surface area contributed by atoms with Gasteiger partial charge in [-0.25, -0.2) is 4.39 Å². The molecule has 1 unspecified atom stereocenters. The summed E-state index contributed by atoms with van der Waals surface area (Å²) in [5.41, 5.74) is -2.15. The van der Waals surface area contributed by atoms with Crippen LogP contribution in [0.1, 0.15) is 20.3 Å². The van der Waals surface area contributed by atoms with Crippen molar-refractivity contribution in [3.8, 4) is 0 Å². The molecule has 2 nitrogen and oxygen atoms in total. The summed E-state index contributed by atoms with van der Waals surface area (Å²) in [6.45, 7) is 2.44. The van der Waals surface area contributed by atoms with Crippen LogP contribution >= 0.6 is 0 Å². The van der Waals surface area contributed by atoms with Gasteiger partial charge in [-0.1, -0.05) is 6.92 Å². The van der Waals surface area contributed by atoms with Crippen LogP contribution in [0.25, 0.3) is 0 Å². The van der Waals surface area contributed by atoms with Gasteiger partial charge in [-0.3, -0.25) is 0 Å². The fraction of sp³-hybridized carbons (Fsp3) is 0.800.